The van der Waals surface area contributed by atoms with Crippen LogP contribution in [0.3, 0.4) is 0 Å². The lowest BCUT2D eigenvalue weighted by Gasteiger charge is -2.30. The fourth-order valence-corrected chi connectivity index (χ4v) is 4.12. The molecule has 0 bridgehead atoms. The Morgan fingerprint density at radius 3 is 2.71 bits per heavy atom. The molecule has 2 atom stereocenters. The van der Waals surface area contributed by atoms with E-state index in [1.165, 1.54) is 35.0 Å². The smallest absolute Gasteiger partial charge is 0.0382 e. The van der Waals surface area contributed by atoms with Crippen LogP contribution < -0.4 is 4.90 Å². The Kier molecular flexibility index (Phi) is 4.53. The van der Waals surface area contributed by atoms with Crippen LogP contribution in [-0.4, -0.2) is 12.1 Å². The maximum absolute atomic E-state index is 3.66. The van der Waals surface area contributed by atoms with Gasteiger partial charge in [0.15, 0.2) is 0 Å². The van der Waals surface area contributed by atoms with Gasteiger partial charge in [0.1, 0.15) is 0 Å². The summed E-state index contributed by atoms with van der Waals surface area (Å²) in [5.41, 5.74) is 2.67. The number of anilines is 1. The normalized spacial score (nSPS) is 24.4. The predicted molar refractivity (Wildman–Crippen MR) is 82.0 cm³/mol. The molecule has 0 saturated carbocycles. The Morgan fingerprint density at radius 1 is 1.35 bits per heavy atom. The van der Waals surface area contributed by atoms with Crippen molar-refractivity contribution < 1.29 is 0 Å². The van der Waals surface area contributed by atoms with Crippen LogP contribution in [0.1, 0.15) is 38.7 Å². The van der Waals surface area contributed by atoms with Gasteiger partial charge in [-0.25, -0.2) is 0 Å². The van der Waals surface area contributed by atoms with Crippen molar-refractivity contribution in [1.29, 1.82) is 0 Å². The average Bonchev–Trinajstić information content (AvgIpc) is 2.70. The summed E-state index contributed by atoms with van der Waals surface area (Å²) in [5, 5.41) is 0.903. The van der Waals surface area contributed by atoms with Crippen LogP contribution in [0.25, 0.3) is 0 Å². The number of halogens is 2. The van der Waals surface area contributed by atoms with Crippen molar-refractivity contribution >= 4 is 37.5 Å². The molecule has 17 heavy (non-hydrogen) atoms. The minimum atomic E-state index is 0.668. The molecular weight excluding hydrogens is 342 g/mol. The van der Waals surface area contributed by atoms with Crippen LogP contribution in [-0.2, 0) is 5.33 Å². The van der Waals surface area contributed by atoms with Gasteiger partial charge in [0.25, 0.3) is 0 Å². The van der Waals surface area contributed by atoms with Crippen molar-refractivity contribution in [2.75, 3.05) is 4.90 Å². The van der Waals surface area contributed by atoms with E-state index in [4.69, 9.17) is 0 Å². The van der Waals surface area contributed by atoms with Crippen molar-refractivity contribution in [3.8, 4) is 0 Å². The summed E-state index contributed by atoms with van der Waals surface area (Å²) in [6, 6.07) is 8.12. The molecule has 1 fully saturated rings. The molecule has 1 aromatic rings. The van der Waals surface area contributed by atoms with Gasteiger partial charge in [0, 0.05) is 27.6 Å². The first kappa shape index (κ1) is 13.4. The lowest BCUT2D eigenvalue weighted by Crippen LogP contribution is -2.34. The van der Waals surface area contributed by atoms with E-state index < -0.39 is 0 Å². The molecule has 0 amide bonds. The lowest BCUT2D eigenvalue weighted by atomic mass is 10.1. The SMILES string of the molecule is CCC1CCC(C)N1c1ccc(CBr)c(Br)c1. The second-order valence-corrected chi connectivity index (χ2v) is 6.22. The van der Waals surface area contributed by atoms with E-state index in [9.17, 15) is 0 Å². The van der Waals surface area contributed by atoms with E-state index >= 15 is 0 Å². The highest BCUT2D eigenvalue weighted by atomic mass is 79.9. The van der Waals surface area contributed by atoms with Crippen molar-refractivity contribution in [3.63, 3.8) is 0 Å². The van der Waals surface area contributed by atoms with Gasteiger partial charge in [0.05, 0.1) is 0 Å². The lowest BCUT2D eigenvalue weighted by molar-refractivity contribution is 0.628. The van der Waals surface area contributed by atoms with Crippen LogP contribution in [0.2, 0.25) is 0 Å². The summed E-state index contributed by atoms with van der Waals surface area (Å²) in [7, 11) is 0. The van der Waals surface area contributed by atoms with Gasteiger partial charge in [-0.15, -0.1) is 0 Å². The quantitative estimate of drug-likeness (QED) is 0.677. The predicted octanol–water partition coefficient (Wildman–Crippen LogP) is 5.11. The summed E-state index contributed by atoms with van der Waals surface area (Å²) in [5.74, 6) is 0. The molecule has 1 aromatic carbocycles. The second kappa shape index (κ2) is 5.75. The van der Waals surface area contributed by atoms with Gasteiger partial charge < -0.3 is 4.90 Å². The summed E-state index contributed by atoms with van der Waals surface area (Å²) < 4.78 is 1.21. The van der Waals surface area contributed by atoms with Gasteiger partial charge in [-0.3, -0.25) is 0 Å². The Bertz CT molecular complexity index is 392. The van der Waals surface area contributed by atoms with Crippen LogP contribution >= 0.6 is 31.9 Å². The number of nitrogens with zero attached hydrogens (tertiary/aromatic N) is 1. The topological polar surface area (TPSA) is 3.24 Å². The minimum Gasteiger partial charge on any atom is -0.366 e. The monoisotopic (exact) mass is 359 g/mol. The number of hydrogen-bond acceptors (Lipinski definition) is 1. The molecule has 1 nitrogen and oxygen atoms in total. The third-order valence-corrected chi connectivity index (χ3v) is 5.08. The van der Waals surface area contributed by atoms with Crippen LogP contribution in [0, 0.1) is 0 Å². The maximum Gasteiger partial charge on any atom is 0.0382 e. The van der Waals surface area contributed by atoms with Gasteiger partial charge in [-0.05, 0) is 43.9 Å². The van der Waals surface area contributed by atoms with E-state index in [-0.39, 0.29) is 0 Å². The molecule has 2 unspecified atom stereocenters. The highest BCUT2D eigenvalue weighted by Gasteiger charge is 2.29. The van der Waals surface area contributed by atoms with Gasteiger partial charge >= 0.3 is 0 Å². The molecule has 1 aliphatic heterocycles. The fraction of sp³-hybridized carbons (Fsp3) is 0.571. The third kappa shape index (κ3) is 2.70. The maximum atomic E-state index is 3.66. The van der Waals surface area contributed by atoms with Gasteiger partial charge in [0.2, 0.25) is 0 Å². The Labute approximate surface area is 121 Å². The van der Waals surface area contributed by atoms with E-state index in [1.807, 2.05) is 0 Å². The Hall–Kier alpha value is -0.0200. The first-order valence-electron chi connectivity index (χ1n) is 6.30. The molecule has 0 spiro atoms. The van der Waals surface area contributed by atoms with Crippen LogP contribution in [0.5, 0.6) is 0 Å². The summed E-state index contributed by atoms with van der Waals surface area (Å²) in [6.07, 6.45) is 3.88. The third-order valence-electron chi connectivity index (χ3n) is 3.74. The molecule has 0 radical (unpaired) electrons. The molecule has 1 aliphatic rings. The van der Waals surface area contributed by atoms with E-state index in [0.29, 0.717) is 12.1 Å². The number of benzene rings is 1. The van der Waals surface area contributed by atoms with E-state index in [1.54, 1.807) is 0 Å². The number of rotatable bonds is 3. The molecule has 94 valence electrons. The zero-order valence-electron chi connectivity index (χ0n) is 10.4. The molecule has 0 aliphatic carbocycles. The molecular formula is C14H19Br2N. The second-order valence-electron chi connectivity index (χ2n) is 4.81. The molecule has 0 aromatic heterocycles. The average molecular weight is 361 g/mol. The Morgan fingerprint density at radius 2 is 2.12 bits per heavy atom. The molecule has 2 rings (SSSR count). The molecule has 1 heterocycles. The molecule has 0 N–H and O–H groups in total. The Balaban J connectivity index is 2.29. The first-order chi connectivity index (χ1) is 8.17. The summed E-state index contributed by atoms with van der Waals surface area (Å²) >= 11 is 7.17. The van der Waals surface area contributed by atoms with Crippen molar-refractivity contribution in [1.82, 2.24) is 0 Å². The van der Waals surface area contributed by atoms with E-state index in [2.05, 4.69) is 68.8 Å². The summed E-state index contributed by atoms with van der Waals surface area (Å²) in [6.45, 7) is 4.62. The van der Waals surface area contributed by atoms with E-state index in [0.717, 1.165) is 5.33 Å². The molecule has 1 saturated heterocycles. The highest BCUT2D eigenvalue weighted by molar-refractivity contribution is 9.10. The largest absolute Gasteiger partial charge is 0.366 e. The van der Waals surface area contributed by atoms with Crippen molar-refractivity contribution in [3.05, 3.63) is 28.2 Å². The van der Waals surface area contributed by atoms with Crippen LogP contribution in [0.15, 0.2) is 22.7 Å². The molecule has 3 heteroatoms. The minimum absolute atomic E-state index is 0.668. The zero-order valence-corrected chi connectivity index (χ0v) is 13.6. The summed E-state index contributed by atoms with van der Waals surface area (Å²) in [4.78, 5) is 2.59. The fourth-order valence-electron chi connectivity index (χ4n) is 2.74. The first-order valence-corrected chi connectivity index (χ1v) is 8.21. The standard InChI is InChI=1S/C14H19Br2N/c1-3-12-6-4-10(2)17(12)13-7-5-11(9-15)14(16)8-13/h5,7-8,10,12H,3-4,6,9H2,1-2H3. The van der Waals surface area contributed by atoms with Crippen molar-refractivity contribution in [2.24, 2.45) is 0 Å². The van der Waals surface area contributed by atoms with Crippen molar-refractivity contribution in [2.45, 2.75) is 50.5 Å². The van der Waals surface area contributed by atoms with Crippen LogP contribution in [0.4, 0.5) is 5.69 Å². The van der Waals surface area contributed by atoms with Gasteiger partial charge in [-0.1, -0.05) is 44.8 Å². The number of hydrogen-bond donors (Lipinski definition) is 0. The highest BCUT2D eigenvalue weighted by Crippen LogP contribution is 2.34. The van der Waals surface area contributed by atoms with Gasteiger partial charge in [-0.2, -0.15) is 0 Å². The number of alkyl halides is 1. The zero-order chi connectivity index (χ0) is 12.4.